The summed E-state index contributed by atoms with van der Waals surface area (Å²) in [6.07, 6.45) is 1.11. The Morgan fingerprint density at radius 3 is 2.60 bits per heavy atom. The number of hydrogen-bond donors (Lipinski definition) is 2. The number of anilines is 2. The van der Waals surface area contributed by atoms with Crippen molar-refractivity contribution in [1.29, 1.82) is 0 Å². The second-order valence-electron chi connectivity index (χ2n) is 6.97. The van der Waals surface area contributed by atoms with Crippen molar-refractivity contribution in [2.75, 3.05) is 16.3 Å². The zero-order valence-electron chi connectivity index (χ0n) is 16.4. The van der Waals surface area contributed by atoms with Gasteiger partial charge in [-0.25, -0.2) is 13.4 Å². The Hall–Kier alpha value is -3.17. The van der Waals surface area contributed by atoms with Crippen molar-refractivity contribution in [3.8, 4) is 11.3 Å². The Balaban J connectivity index is 1.45. The monoisotopic (exact) mass is 440 g/mol. The Labute approximate surface area is 178 Å². The third-order valence-corrected chi connectivity index (χ3v) is 5.92. The molecule has 0 saturated heterocycles. The maximum absolute atomic E-state index is 12.6. The van der Waals surface area contributed by atoms with E-state index in [1.165, 1.54) is 11.3 Å². The standard InChI is InChI=1S/C21H20N4O3S2/c1-14-11-16-5-3-4-6-19(16)25(14)12-20(26)23-21-22-18(13-29-21)15-7-9-17(10-8-15)24-30(2,27)28/h3-11,13,24H,12H2,1-2H3,(H,22,23,26). The number of nitrogens with zero attached hydrogens (tertiary/aromatic N) is 2. The molecule has 4 aromatic rings. The molecule has 154 valence electrons. The smallest absolute Gasteiger partial charge is 0.246 e. The van der Waals surface area contributed by atoms with Crippen LogP contribution < -0.4 is 10.0 Å². The molecular formula is C21H20N4O3S2. The highest BCUT2D eigenvalue weighted by atomic mass is 32.2. The van der Waals surface area contributed by atoms with E-state index >= 15 is 0 Å². The maximum Gasteiger partial charge on any atom is 0.246 e. The summed E-state index contributed by atoms with van der Waals surface area (Å²) in [6.45, 7) is 2.19. The van der Waals surface area contributed by atoms with Crippen LogP contribution in [0.25, 0.3) is 22.2 Å². The predicted molar refractivity (Wildman–Crippen MR) is 121 cm³/mol. The molecule has 0 bridgehead atoms. The molecule has 0 fully saturated rings. The van der Waals surface area contributed by atoms with Gasteiger partial charge < -0.3 is 9.88 Å². The van der Waals surface area contributed by atoms with Gasteiger partial charge in [-0.15, -0.1) is 11.3 Å². The molecule has 2 N–H and O–H groups in total. The molecule has 9 heteroatoms. The van der Waals surface area contributed by atoms with Gasteiger partial charge in [0, 0.05) is 27.8 Å². The molecule has 7 nitrogen and oxygen atoms in total. The molecule has 0 spiro atoms. The number of aryl methyl sites for hydroxylation is 1. The van der Waals surface area contributed by atoms with E-state index in [1.807, 2.05) is 41.1 Å². The van der Waals surface area contributed by atoms with Crippen LogP contribution in [0.2, 0.25) is 0 Å². The van der Waals surface area contributed by atoms with Crippen LogP contribution in [0.1, 0.15) is 5.69 Å². The van der Waals surface area contributed by atoms with Gasteiger partial charge in [0.1, 0.15) is 6.54 Å². The van der Waals surface area contributed by atoms with E-state index in [0.717, 1.165) is 28.4 Å². The number of thiazole rings is 1. The molecule has 0 saturated carbocycles. The van der Waals surface area contributed by atoms with E-state index in [4.69, 9.17) is 0 Å². The van der Waals surface area contributed by atoms with Crippen molar-refractivity contribution in [2.24, 2.45) is 0 Å². The van der Waals surface area contributed by atoms with Crippen LogP contribution in [0, 0.1) is 6.92 Å². The lowest BCUT2D eigenvalue weighted by atomic mass is 10.1. The number of nitrogens with one attached hydrogen (secondary N) is 2. The molecule has 1 amide bonds. The average molecular weight is 441 g/mol. The van der Waals surface area contributed by atoms with Gasteiger partial charge in [-0.3, -0.25) is 9.52 Å². The first-order chi connectivity index (χ1) is 14.3. The fourth-order valence-electron chi connectivity index (χ4n) is 3.25. The minimum absolute atomic E-state index is 0.145. The second kappa shape index (κ2) is 7.92. The quantitative estimate of drug-likeness (QED) is 0.472. The van der Waals surface area contributed by atoms with Crippen LogP contribution in [-0.2, 0) is 21.4 Å². The molecule has 30 heavy (non-hydrogen) atoms. The Morgan fingerprint density at radius 1 is 1.13 bits per heavy atom. The number of rotatable bonds is 6. The molecule has 2 aromatic heterocycles. The first-order valence-corrected chi connectivity index (χ1v) is 11.9. The summed E-state index contributed by atoms with van der Waals surface area (Å²) in [5, 5.41) is 6.33. The van der Waals surface area contributed by atoms with Crippen molar-refractivity contribution < 1.29 is 13.2 Å². The van der Waals surface area contributed by atoms with Crippen LogP contribution in [0.4, 0.5) is 10.8 Å². The molecule has 2 heterocycles. The third-order valence-electron chi connectivity index (χ3n) is 4.55. The Kier molecular flexibility index (Phi) is 5.31. The molecule has 0 aliphatic heterocycles. The summed E-state index contributed by atoms with van der Waals surface area (Å²) in [6, 6.07) is 16.9. The van der Waals surface area contributed by atoms with E-state index in [9.17, 15) is 13.2 Å². The molecule has 0 atom stereocenters. The Morgan fingerprint density at radius 2 is 1.87 bits per heavy atom. The maximum atomic E-state index is 12.6. The first kappa shape index (κ1) is 20.1. The van der Waals surface area contributed by atoms with Crippen LogP contribution in [0.3, 0.4) is 0 Å². The van der Waals surface area contributed by atoms with Gasteiger partial charge in [-0.2, -0.15) is 0 Å². The molecule has 2 aromatic carbocycles. The van der Waals surface area contributed by atoms with Gasteiger partial charge in [0.05, 0.1) is 11.9 Å². The van der Waals surface area contributed by atoms with Crippen molar-refractivity contribution in [3.63, 3.8) is 0 Å². The number of carbonyl (C=O) groups is 1. The summed E-state index contributed by atoms with van der Waals surface area (Å²) < 4.78 is 27.0. The Bertz CT molecular complexity index is 1320. The number of amides is 1. The predicted octanol–water partition coefficient (Wildman–Crippen LogP) is 4.08. The summed E-state index contributed by atoms with van der Waals surface area (Å²) in [4.78, 5) is 17.0. The summed E-state index contributed by atoms with van der Waals surface area (Å²) in [5.41, 5.74) is 4.07. The topological polar surface area (TPSA) is 93.1 Å². The number of para-hydroxylation sites is 1. The van der Waals surface area contributed by atoms with Gasteiger partial charge >= 0.3 is 0 Å². The molecule has 0 unspecified atom stereocenters. The minimum atomic E-state index is -3.32. The lowest BCUT2D eigenvalue weighted by molar-refractivity contribution is -0.116. The number of benzene rings is 2. The van der Waals surface area contributed by atoms with Crippen molar-refractivity contribution >= 4 is 49.0 Å². The van der Waals surface area contributed by atoms with E-state index in [1.54, 1.807) is 24.3 Å². The molecule has 0 aliphatic carbocycles. The van der Waals surface area contributed by atoms with E-state index < -0.39 is 10.0 Å². The lowest BCUT2D eigenvalue weighted by Gasteiger charge is -2.08. The number of sulfonamides is 1. The zero-order chi connectivity index (χ0) is 21.3. The highest BCUT2D eigenvalue weighted by Gasteiger charge is 2.12. The highest BCUT2D eigenvalue weighted by molar-refractivity contribution is 7.92. The number of hydrogen-bond acceptors (Lipinski definition) is 5. The normalized spacial score (nSPS) is 11.5. The summed E-state index contributed by atoms with van der Waals surface area (Å²) in [5.74, 6) is -0.145. The van der Waals surface area contributed by atoms with Gasteiger partial charge in [-0.1, -0.05) is 30.3 Å². The molecule has 4 rings (SSSR count). The summed E-state index contributed by atoms with van der Waals surface area (Å²) >= 11 is 1.34. The van der Waals surface area contributed by atoms with Gasteiger partial charge in [0.2, 0.25) is 15.9 Å². The van der Waals surface area contributed by atoms with Crippen molar-refractivity contribution in [2.45, 2.75) is 13.5 Å². The SMILES string of the molecule is Cc1cc2ccccc2n1CC(=O)Nc1nc(-c2ccc(NS(C)(=O)=O)cc2)cs1. The molecule has 0 aliphatic rings. The van der Waals surface area contributed by atoms with E-state index in [2.05, 4.69) is 21.1 Å². The number of carbonyl (C=O) groups excluding carboxylic acids is 1. The van der Waals surface area contributed by atoms with Gasteiger partial charge in [0.15, 0.2) is 5.13 Å². The number of aromatic nitrogens is 2. The molecule has 0 radical (unpaired) electrons. The lowest BCUT2D eigenvalue weighted by Crippen LogP contribution is -2.19. The van der Waals surface area contributed by atoms with Crippen LogP contribution in [-0.4, -0.2) is 30.1 Å². The second-order valence-corrected chi connectivity index (χ2v) is 9.57. The molecular weight excluding hydrogens is 420 g/mol. The van der Waals surface area contributed by atoms with Crippen LogP contribution >= 0.6 is 11.3 Å². The van der Waals surface area contributed by atoms with Crippen LogP contribution in [0.15, 0.2) is 60.0 Å². The fourth-order valence-corrected chi connectivity index (χ4v) is 4.55. The van der Waals surface area contributed by atoms with Crippen molar-refractivity contribution in [3.05, 3.63) is 65.7 Å². The van der Waals surface area contributed by atoms with Gasteiger partial charge in [-0.05, 0) is 36.6 Å². The number of fused-ring (bicyclic) bond motifs is 1. The van der Waals surface area contributed by atoms with E-state index in [-0.39, 0.29) is 12.5 Å². The van der Waals surface area contributed by atoms with Crippen LogP contribution in [0.5, 0.6) is 0 Å². The van der Waals surface area contributed by atoms with Crippen molar-refractivity contribution in [1.82, 2.24) is 9.55 Å². The third kappa shape index (κ3) is 4.52. The highest BCUT2D eigenvalue weighted by Crippen LogP contribution is 2.26. The first-order valence-electron chi connectivity index (χ1n) is 9.17. The zero-order valence-corrected chi connectivity index (χ0v) is 18.0. The largest absolute Gasteiger partial charge is 0.335 e. The minimum Gasteiger partial charge on any atom is -0.335 e. The van der Waals surface area contributed by atoms with Gasteiger partial charge in [0.25, 0.3) is 0 Å². The average Bonchev–Trinajstić information content (AvgIpc) is 3.26. The fraction of sp³-hybridized carbons (Fsp3) is 0.143. The van der Waals surface area contributed by atoms with E-state index in [0.29, 0.717) is 16.5 Å². The summed E-state index contributed by atoms with van der Waals surface area (Å²) in [7, 11) is -3.32.